The van der Waals surface area contributed by atoms with E-state index in [0.29, 0.717) is 17.9 Å². The third-order valence-electron chi connectivity index (χ3n) is 5.98. The van der Waals surface area contributed by atoms with Gasteiger partial charge in [0.2, 0.25) is 0 Å². The van der Waals surface area contributed by atoms with Crippen LogP contribution < -0.4 is 0 Å². The monoisotopic (exact) mass is 349 g/mol. The van der Waals surface area contributed by atoms with Gasteiger partial charge in [0.1, 0.15) is 0 Å². The van der Waals surface area contributed by atoms with Crippen LogP contribution in [0.25, 0.3) is 0 Å². The molecule has 0 bridgehead atoms. The van der Waals surface area contributed by atoms with Gasteiger partial charge in [0.15, 0.2) is 0 Å². The predicted octanol–water partition coefficient (Wildman–Crippen LogP) is 1.94. The number of hydrogen-bond acceptors (Lipinski definition) is 5. The van der Waals surface area contributed by atoms with Crippen molar-refractivity contribution in [1.29, 1.82) is 0 Å². The van der Waals surface area contributed by atoms with Gasteiger partial charge >= 0.3 is 0 Å². The second-order valence-electron chi connectivity index (χ2n) is 7.75. The maximum absolute atomic E-state index is 6.18. The van der Waals surface area contributed by atoms with Crippen LogP contribution in [0, 0.1) is 5.92 Å². The molecule has 140 valence electrons. The highest BCUT2D eigenvalue weighted by molar-refractivity contribution is 5.22. The molecule has 0 amide bonds. The van der Waals surface area contributed by atoms with Gasteiger partial charge in [-0.3, -0.25) is 4.90 Å². The maximum atomic E-state index is 6.18. The first kappa shape index (κ1) is 17.5. The van der Waals surface area contributed by atoms with Crippen molar-refractivity contribution in [2.75, 3.05) is 46.2 Å². The fourth-order valence-electron chi connectivity index (χ4n) is 4.51. The van der Waals surface area contributed by atoms with Gasteiger partial charge in [0.05, 0.1) is 18.6 Å². The van der Waals surface area contributed by atoms with Gasteiger partial charge in [-0.05, 0) is 31.6 Å². The standard InChI is InChI=1S/C19H31N3O3/c1-21-14-20-18-11-22(17-4-8-24-9-5-17)10-16(19(18)21)13-25-12-15-2-6-23-7-3-15/h14-17H,2-13H2,1H3/t16-/m0/s1. The SMILES string of the molecule is Cn1cnc2c1[C@H](COCC1CCOCC1)CN(C1CCOCC1)C2. The molecule has 1 aromatic rings. The van der Waals surface area contributed by atoms with Crippen LogP contribution in [0.15, 0.2) is 6.33 Å². The van der Waals surface area contributed by atoms with Crippen molar-refractivity contribution in [2.45, 2.75) is 44.2 Å². The van der Waals surface area contributed by atoms with Crippen molar-refractivity contribution >= 4 is 0 Å². The Morgan fingerprint density at radius 3 is 2.56 bits per heavy atom. The van der Waals surface area contributed by atoms with E-state index in [2.05, 4.69) is 21.5 Å². The van der Waals surface area contributed by atoms with Crippen LogP contribution >= 0.6 is 0 Å². The highest BCUT2D eigenvalue weighted by atomic mass is 16.5. The minimum Gasteiger partial charge on any atom is -0.381 e. The Morgan fingerprint density at radius 2 is 1.80 bits per heavy atom. The van der Waals surface area contributed by atoms with Crippen LogP contribution in [-0.2, 0) is 27.8 Å². The first-order valence-corrected chi connectivity index (χ1v) is 9.78. The van der Waals surface area contributed by atoms with Crippen molar-refractivity contribution in [3.63, 3.8) is 0 Å². The first-order valence-electron chi connectivity index (χ1n) is 9.78. The molecule has 0 N–H and O–H groups in total. The minimum atomic E-state index is 0.416. The summed E-state index contributed by atoms with van der Waals surface area (Å²) in [5.74, 6) is 1.08. The van der Waals surface area contributed by atoms with Crippen LogP contribution in [0.3, 0.4) is 0 Å². The molecular weight excluding hydrogens is 318 g/mol. The molecule has 4 heterocycles. The molecule has 2 saturated heterocycles. The average molecular weight is 349 g/mol. The van der Waals surface area contributed by atoms with Crippen LogP contribution in [0.2, 0.25) is 0 Å². The van der Waals surface area contributed by atoms with Crippen LogP contribution in [0.1, 0.15) is 43.0 Å². The molecule has 3 aliphatic rings. The van der Waals surface area contributed by atoms with Crippen molar-refractivity contribution in [3.8, 4) is 0 Å². The third kappa shape index (κ3) is 4.08. The third-order valence-corrected chi connectivity index (χ3v) is 5.98. The number of rotatable bonds is 5. The van der Waals surface area contributed by atoms with Gasteiger partial charge in [-0.25, -0.2) is 4.98 Å². The van der Waals surface area contributed by atoms with Gasteiger partial charge in [-0.15, -0.1) is 0 Å². The smallest absolute Gasteiger partial charge is 0.0949 e. The Hall–Kier alpha value is -0.950. The average Bonchev–Trinajstić information content (AvgIpc) is 3.04. The fraction of sp³-hybridized carbons (Fsp3) is 0.842. The summed E-state index contributed by atoms with van der Waals surface area (Å²) in [6.45, 7) is 7.26. The van der Waals surface area contributed by atoms with E-state index in [0.717, 1.165) is 78.4 Å². The zero-order valence-corrected chi connectivity index (χ0v) is 15.4. The van der Waals surface area contributed by atoms with Gasteiger partial charge in [0.25, 0.3) is 0 Å². The fourth-order valence-corrected chi connectivity index (χ4v) is 4.51. The number of ether oxygens (including phenoxy) is 3. The zero-order valence-electron chi connectivity index (χ0n) is 15.4. The normalized spacial score (nSPS) is 26.7. The van der Waals surface area contributed by atoms with Crippen molar-refractivity contribution in [1.82, 2.24) is 14.5 Å². The topological polar surface area (TPSA) is 48.8 Å². The molecular formula is C19H31N3O3. The molecule has 6 heteroatoms. The van der Waals surface area contributed by atoms with E-state index in [4.69, 9.17) is 14.2 Å². The number of fused-ring (bicyclic) bond motifs is 1. The minimum absolute atomic E-state index is 0.416. The second-order valence-corrected chi connectivity index (χ2v) is 7.75. The second kappa shape index (κ2) is 8.16. The van der Waals surface area contributed by atoms with Crippen molar-refractivity contribution in [2.24, 2.45) is 13.0 Å². The lowest BCUT2D eigenvalue weighted by Gasteiger charge is -2.39. The summed E-state index contributed by atoms with van der Waals surface area (Å²) in [4.78, 5) is 7.28. The summed E-state index contributed by atoms with van der Waals surface area (Å²) in [5.41, 5.74) is 2.61. The highest BCUT2D eigenvalue weighted by Gasteiger charge is 2.33. The summed E-state index contributed by atoms with van der Waals surface area (Å²) >= 11 is 0. The number of hydrogen-bond donors (Lipinski definition) is 0. The Balaban J connectivity index is 1.38. The van der Waals surface area contributed by atoms with Gasteiger partial charge < -0.3 is 18.8 Å². The molecule has 25 heavy (non-hydrogen) atoms. The van der Waals surface area contributed by atoms with Crippen LogP contribution in [0.4, 0.5) is 0 Å². The van der Waals surface area contributed by atoms with Crippen molar-refractivity contribution in [3.05, 3.63) is 17.7 Å². The number of aryl methyl sites for hydroxylation is 1. The van der Waals surface area contributed by atoms with E-state index in [1.54, 1.807) is 0 Å². The molecule has 0 unspecified atom stereocenters. The maximum Gasteiger partial charge on any atom is 0.0949 e. The quantitative estimate of drug-likeness (QED) is 0.813. The molecule has 0 aliphatic carbocycles. The summed E-state index contributed by atoms with van der Waals surface area (Å²) < 4.78 is 19.4. The van der Waals surface area contributed by atoms with Gasteiger partial charge in [-0.2, -0.15) is 0 Å². The Morgan fingerprint density at radius 1 is 1.08 bits per heavy atom. The number of nitrogens with zero attached hydrogens (tertiary/aromatic N) is 3. The first-order chi connectivity index (χ1) is 12.3. The van der Waals surface area contributed by atoms with Crippen LogP contribution in [0.5, 0.6) is 0 Å². The van der Waals surface area contributed by atoms with Gasteiger partial charge in [-0.1, -0.05) is 0 Å². The summed E-state index contributed by atoms with van der Waals surface area (Å²) in [5, 5.41) is 0. The van der Waals surface area contributed by atoms with E-state index >= 15 is 0 Å². The molecule has 0 aromatic carbocycles. The zero-order chi connectivity index (χ0) is 17.1. The van der Waals surface area contributed by atoms with E-state index in [-0.39, 0.29) is 0 Å². The lowest BCUT2D eigenvalue weighted by Crippen LogP contribution is -2.45. The Bertz CT molecular complexity index is 550. The summed E-state index contributed by atoms with van der Waals surface area (Å²) in [7, 11) is 2.11. The molecule has 1 aromatic heterocycles. The van der Waals surface area contributed by atoms with Gasteiger partial charge in [0, 0.05) is 70.8 Å². The van der Waals surface area contributed by atoms with E-state index < -0.39 is 0 Å². The number of imidazole rings is 1. The summed E-state index contributed by atoms with van der Waals surface area (Å²) in [6, 6.07) is 0.627. The predicted molar refractivity (Wildman–Crippen MR) is 94.6 cm³/mol. The van der Waals surface area contributed by atoms with E-state index in [9.17, 15) is 0 Å². The lowest BCUT2D eigenvalue weighted by molar-refractivity contribution is 0.000686. The molecule has 3 aliphatic heterocycles. The molecule has 4 rings (SSSR count). The molecule has 6 nitrogen and oxygen atoms in total. The lowest BCUT2D eigenvalue weighted by atomic mass is 9.95. The van der Waals surface area contributed by atoms with Crippen LogP contribution in [-0.4, -0.2) is 66.7 Å². The molecule has 0 spiro atoms. The molecule has 0 radical (unpaired) electrons. The molecule has 2 fully saturated rings. The Labute approximate surface area is 150 Å². The summed E-state index contributed by atoms with van der Waals surface area (Å²) in [6.07, 6.45) is 6.50. The Kier molecular flexibility index (Phi) is 5.70. The molecule has 1 atom stereocenters. The largest absolute Gasteiger partial charge is 0.381 e. The van der Waals surface area contributed by atoms with E-state index in [1.165, 1.54) is 11.4 Å². The number of aromatic nitrogens is 2. The highest BCUT2D eigenvalue weighted by Crippen LogP contribution is 2.31. The molecule has 0 saturated carbocycles. The van der Waals surface area contributed by atoms with E-state index in [1.807, 2.05) is 6.33 Å². The van der Waals surface area contributed by atoms with Crippen molar-refractivity contribution < 1.29 is 14.2 Å².